The van der Waals surface area contributed by atoms with E-state index in [2.05, 4.69) is 24.4 Å². The lowest BCUT2D eigenvalue weighted by Crippen LogP contribution is -2.24. The Bertz CT molecular complexity index is 383. The summed E-state index contributed by atoms with van der Waals surface area (Å²) < 4.78 is 0. The Morgan fingerprint density at radius 3 is 2.93 bits per heavy atom. The van der Waals surface area contributed by atoms with Crippen LogP contribution in [-0.4, -0.2) is 6.54 Å². The SMILES string of the molecule is CCc1cc2c(cc1C1CC1)CNCC2.[HH]. The topological polar surface area (TPSA) is 12.0 Å². The summed E-state index contributed by atoms with van der Waals surface area (Å²) in [6.45, 7) is 4.52. The van der Waals surface area contributed by atoms with Gasteiger partial charge in [0.1, 0.15) is 0 Å². The molecule has 0 aromatic heterocycles. The van der Waals surface area contributed by atoms with Crippen LogP contribution >= 0.6 is 0 Å². The molecule has 15 heavy (non-hydrogen) atoms. The van der Waals surface area contributed by atoms with Crippen LogP contribution in [0.4, 0.5) is 0 Å². The molecule has 0 radical (unpaired) electrons. The highest BCUT2D eigenvalue weighted by molar-refractivity contribution is 5.43. The Morgan fingerprint density at radius 2 is 2.20 bits per heavy atom. The molecule has 1 saturated carbocycles. The van der Waals surface area contributed by atoms with Gasteiger partial charge in [-0.25, -0.2) is 0 Å². The van der Waals surface area contributed by atoms with Gasteiger partial charge in [-0.05, 0) is 60.4 Å². The van der Waals surface area contributed by atoms with Crippen LogP contribution in [0.3, 0.4) is 0 Å². The first kappa shape index (κ1) is 9.41. The van der Waals surface area contributed by atoms with E-state index in [-0.39, 0.29) is 1.43 Å². The van der Waals surface area contributed by atoms with Gasteiger partial charge in [-0.15, -0.1) is 0 Å². The third-order valence-electron chi connectivity index (χ3n) is 3.75. The van der Waals surface area contributed by atoms with E-state index in [4.69, 9.17) is 0 Å². The molecule has 0 amide bonds. The average Bonchev–Trinajstić information content (AvgIpc) is 3.11. The van der Waals surface area contributed by atoms with E-state index in [1.54, 1.807) is 22.3 Å². The molecule has 3 rings (SSSR count). The molecule has 0 atom stereocenters. The largest absolute Gasteiger partial charge is 0.312 e. The van der Waals surface area contributed by atoms with Gasteiger partial charge in [-0.1, -0.05) is 19.1 Å². The second-order valence-electron chi connectivity index (χ2n) is 4.87. The molecule has 1 heterocycles. The molecular formula is C14H21N. The maximum absolute atomic E-state index is 3.46. The normalized spacial score (nSPS) is 20.1. The summed E-state index contributed by atoms with van der Waals surface area (Å²) in [5.74, 6) is 0.896. The fourth-order valence-electron chi connectivity index (χ4n) is 2.68. The Kier molecular flexibility index (Phi) is 2.28. The number of nitrogens with one attached hydrogen (secondary N) is 1. The van der Waals surface area contributed by atoms with Crippen molar-refractivity contribution in [2.24, 2.45) is 0 Å². The molecule has 1 fully saturated rings. The van der Waals surface area contributed by atoms with E-state index in [0.29, 0.717) is 0 Å². The molecule has 1 aromatic carbocycles. The van der Waals surface area contributed by atoms with E-state index in [9.17, 15) is 0 Å². The number of aryl methyl sites for hydroxylation is 1. The predicted octanol–water partition coefficient (Wildman–Crippen LogP) is 3.02. The van der Waals surface area contributed by atoms with Gasteiger partial charge in [0.25, 0.3) is 0 Å². The van der Waals surface area contributed by atoms with Gasteiger partial charge in [-0.2, -0.15) is 0 Å². The fraction of sp³-hybridized carbons (Fsp3) is 0.571. The minimum Gasteiger partial charge on any atom is -0.312 e. The average molecular weight is 203 g/mol. The standard InChI is InChI=1S/C14H19N.H2/c1-2-10-7-12-5-6-15-9-13(12)8-14(10)11-3-4-11;/h7-8,11,15H,2-6,9H2,1H3;1H. The predicted molar refractivity (Wildman–Crippen MR) is 65.3 cm³/mol. The first-order chi connectivity index (χ1) is 7.38. The molecule has 1 aromatic rings. The van der Waals surface area contributed by atoms with E-state index < -0.39 is 0 Å². The molecule has 0 unspecified atom stereocenters. The zero-order valence-corrected chi connectivity index (χ0v) is 9.47. The van der Waals surface area contributed by atoms with Crippen molar-refractivity contribution in [2.45, 2.75) is 45.1 Å². The van der Waals surface area contributed by atoms with Crippen LogP contribution in [0.1, 0.15) is 49.4 Å². The van der Waals surface area contributed by atoms with Gasteiger partial charge in [0.15, 0.2) is 0 Å². The second-order valence-corrected chi connectivity index (χ2v) is 4.87. The summed E-state index contributed by atoms with van der Waals surface area (Å²) in [4.78, 5) is 0. The summed E-state index contributed by atoms with van der Waals surface area (Å²) in [6.07, 6.45) is 5.25. The van der Waals surface area contributed by atoms with Crippen LogP contribution in [-0.2, 0) is 19.4 Å². The summed E-state index contributed by atoms with van der Waals surface area (Å²) in [5.41, 5.74) is 6.41. The number of hydrogen-bond acceptors (Lipinski definition) is 1. The number of benzene rings is 1. The van der Waals surface area contributed by atoms with Crippen LogP contribution < -0.4 is 5.32 Å². The zero-order chi connectivity index (χ0) is 10.3. The Morgan fingerprint density at radius 1 is 1.33 bits per heavy atom. The van der Waals surface area contributed by atoms with Crippen molar-refractivity contribution in [3.8, 4) is 0 Å². The highest BCUT2D eigenvalue weighted by atomic mass is 14.9. The number of rotatable bonds is 2. The van der Waals surface area contributed by atoms with E-state index in [0.717, 1.165) is 19.0 Å². The minimum absolute atomic E-state index is 0. The third kappa shape index (κ3) is 1.69. The molecule has 82 valence electrons. The molecule has 0 bridgehead atoms. The van der Waals surface area contributed by atoms with Gasteiger partial charge < -0.3 is 5.32 Å². The van der Waals surface area contributed by atoms with Crippen molar-refractivity contribution in [1.29, 1.82) is 0 Å². The van der Waals surface area contributed by atoms with Crippen molar-refractivity contribution in [1.82, 2.24) is 5.32 Å². The van der Waals surface area contributed by atoms with E-state index in [1.807, 2.05) is 0 Å². The molecule has 1 aliphatic carbocycles. The van der Waals surface area contributed by atoms with Gasteiger partial charge in [0.2, 0.25) is 0 Å². The van der Waals surface area contributed by atoms with Gasteiger partial charge in [0, 0.05) is 7.97 Å². The monoisotopic (exact) mass is 203 g/mol. The van der Waals surface area contributed by atoms with Crippen LogP contribution in [0.5, 0.6) is 0 Å². The Labute approximate surface area is 93.4 Å². The molecule has 1 N–H and O–H groups in total. The first-order valence-electron chi connectivity index (χ1n) is 6.23. The summed E-state index contributed by atoms with van der Waals surface area (Å²) >= 11 is 0. The van der Waals surface area contributed by atoms with Gasteiger partial charge in [-0.3, -0.25) is 0 Å². The molecular weight excluding hydrogens is 182 g/mol. The Balaban J connectivity index is 0.000000963. The van der Waals surface area contributed by atoms with Crippen LogP contribution in [0, 0.1) is 0 Å². The fourth-order valence-corrected chi connectivity index (χ4v) is 2.68. The molecule has 1 aliphatic heterocycles. The molecule has 0 spiro atoms. The highest BCUT2D eigenvalue weighted by Gasteiger charge is 2.26. The van der Waals surface area contributed by atoms with Crippen molar-refractivity contribution >= 4 is 0 Å². The lowest BCUT2D eigenvalue weighted by Gasteiger charge is -2.20. The maximum Gasteiger partial charge on any atom is 0.0208 e. The number of hydrogen-bond donors (Lipinski definition) is 1. The minimum atomic E-state index is 0. The van der Waals surface area contributed by atoms with E-state index >= 15 is 0 Å². The smallest absolute Gasteiger partial charge is 0.0208 e. The van der Waals surface area contributed by atoms with Crippen molar-refractivity contribution in [3.63, 3.8) is 0 Å². The lowest BCUT2D eigenvalue weighted by molar-refractivity contribution is 0.641. The van der Waals surface area contributed by atoms with Crippen molar-refractivity contribution < 1.29 is 1.43 Å². The summed E-state index contributed by atoms with van der Waals surface area (Å²) in [6, 6.07) is 4.96. The van der Waals surface area contributed by atoms with Crippen molar-refractivity contribution in [3.05, 3.63) is 34.4 Å². The maximum atomic E-state index is 3.46. The highest BCUT2D eigenvalue weighted by Crippen LogP contribution is 2.42. The quantitative estimate of drug-likeness (QED) is 0.779. The zero-order valence-electron chi connectivity index (χ0n) is 9.47. The van der Waals surface area contributed by atoms with Crippen LogP contribution in [0.25, 0.3) is 0 Å². The van der Waals surface area contributed by atoms with Crippen LogP contribution in [0.2, 0.25) is 0 Å². The van der Waals surface area contributed by atoms with Crippen LogP contribution in [0.15, 0.2) is 12.1 Å². The number of fused-ring (bicyclic) bond motifs is 1. The molecule has 1 nitrogen and oxygen atoms in total. The summed E-state index contributed by atoms with van der Waals surface area (Å²) in [7, 11) is 0. The van der Waals surface area contributed by atoms with Gasteiger partial charge >= 0.3 is 0 Å². The van der Waals surface area contributed by atoms with Crippen molar-refractivity contribution in [2.75, 3.05) is 6.54 Å². The second kappa shape index (κ2) is 3.64. The van der Waals surface area contributed by atoms with E-state index in [1.165, 1.54) is 25.7 Å². The van der Waals surface area contributed by atoms with Gasteiger partial charge in [0.05, 0.1) is 0 Å². The molecule has 0 saturated heterocycles. The molecule has 1 heteroatoms. The third-order valence-corrected chi connectivity index (χ3v) is 3.75. The Hall–Kier alpha value is -0.820. The summed E-state index contributed by atoms with van der Waals surface area (Å²) in [5, 5.41) is 3.46. The lowest BCUT2D eigenvalue weighted by atomic mass is 9.91. The molecule has 2 aliphatic rings. The first-order valence-corrected chi connectivity index (χ1v) is 6.23.